The van der Waals surface area contributed by atoms with Crippen molar-refractivity contribution in [2.45, 2.75) is 90.4 Å². The number of allylic oxidation sites excluding steroid dienone is 1. The molecule has 26 heavy (non-hydrogen) atoms. The number of hydrogen-bond donors (Lipinski definition) is 0. The highest BCUT2D eigenvalue weighted by atomic mass is 16.5. The third-order valence-electron chi connectivity index (χ3n) is 6.15. The van der Waals surface area contributed by atoms with Gasteiger partial charge in [-0.25, -0.2) is 0 Å². The molecule has 1 aliphatic carbocycles. The molecule has 2 rings (SSSR count). The zero-order chi connectivity index (χ0) is 18.6. The lowest BCUT2D eigenvalue weighted by molar-refractivity contribution is 0.232. The van der Waals surface area contributed by atoms with Gasteiger partial charge in [0.25, 0.3) is 0 Å². The van der Waals surface area contributed by atoms with Crippen molar-refractivity contribution >= 4 is 0 Å². The summed E-state index contributed by atoms with van der Waals surface area (Å²) in [6, 6.07) is 8.95. The van der Waals surface area contributed by atoms with Crippen LogP contribution in [0.2, 0.25) is 0 Å². The largest absolute Gasteiger partial charge is 0.494 e. The average Bonchev–Trinajstić information content (AvgIpc) is 2.68. The maximum atomic E-state index is 5.91. The van der Waals surface area contributed by atoms with E-state index in [0.717, 1.165) is 37.0 Å². The highest BCUT2D eigenvalue weighted by Crippen LogP contribution is 2.41. The zero-order valence-corrected chi connectivity index (χ0v) is 17.2. The maximum Gasteiger partial charge on any atom is 0.119 e. The van der Waals surface area contributed by atoms with Gasteiger partial charge in [-0.3, -0.25) is 0 Å². The van der Waals surface area contributed by atoms with Crippen molar-refractivity contribution in [2.75, 3.05) is 6.61 Å². The Labute approximate surface area is 162 Å². The summed E-state index contributed by atoms with van der Waals surface area (Å²) >= 11 is 0. The molecule has 0 aromatic heterocycles. The van der Waals surface area contributed by atoms with Crippen LogP contribution >= 0.6 is 0 Å². The molecule has 1 saturated carbocycles. The molecule has 0 spiro atoms. The summed E-state index contributed by atoms with van der Waals surface area (Å²) in [6.07, 6.45) is 16.6. The lowest BCUT2D eigenvalue weighted by Gasteiger charge is -2.34. The van der Waals surface area contributed by atoms with Crippen LogP contribution in [0.1, 0.15) is 96.0 Å². The summed E-state index contributed by atoms with van der Waals surface area (Å²) in [7, 11) is 0. The van der Waals surface area contributed by atoms with Crippen LogP contribution in [0.3, 0.4) is 0 Å². The van der Waals surface area contributed by atoms with Gasteiger partial charge in [0, 0.05) is 0 Å². The lowest BCUT2D eigenvalue weighted by atomic mass is 9.71. The smallest absolute Gasteiger partial charge is 0.119 e. The predicted molar refractivity (Wildman–Crippen MR) is 114 cm³/mol. The summed E-state index contributed by atoms with van der Waals surface area (Å²) in [5.74, 6) is 3.45. The molecule has 1 heteroatoms. The van der Waals surface area contributed by atoms with Gasteiger partial charge in [0.1, 0.15) is 5.75 Å². The number of benzene rings is 1. The van der Waals surface area contributed by atoms with Crippen LogP contribution in [0.15, 0.2) is 36.9 Å². The Kier molecular flexibility index (Phi) is 9.89. The van der Waals surface area contributed by atoms with E-state index in [0.29, 0.717) is 5.92 Å². The van der Waals surface area contributed by atoms with E-state index in [4.69, 9.17) is 4.74 Å². The van der Waals surface area contributed by atoms with Crippen LogP contribution in [0.4, 0.5) is 0 Å². The number of ether oxygens (including phenoxy) is 1. The minimum atomic E-state index is 0.633. The second-order valence-electron chi connectivity index (χ2n) is 8.18. The molecule has 1 fully saturated rings. The molecule has 1 nitrogen and oxygen atoms in total. The number of unbranched alkanes of at least 4 members (excludes halogenated alkanes) is 3. The Morgan fingerprint density at radius 1 is 1.00 bits per heavy atom. The van der Waals surface area contributed by atoms with Crippen molar-refractivity contribution < 1.29 is 4.74 Å². The zero-order valence-electron chi connectivity index (χ0n) is 17.2. The van der Waals surface area contributed by atoms with Crippen LogP contribution in [0.5, 0.6) is 5.75 Å². The molecule has 0 bridgehead atoms. The second-order valence-corrected chi connectivity index (χ2v) is 8.18. The minimum absolute atomic E-state index is 0.633. The fourth-order valence-corrected chi connectivity index (χ4v) is 4.60. The van der Waals surface area contributed by atoms with Gasteiger partial charge in [0.2, 0.25) is 0 Å². The van der Waals surface area contributed by atoms with Crippen molar-refractivity contribution in [2.24, 2.45) is 11.8 Å². The molecule has 0 amide bonds. The number of hydrogen-bond acceptors (Lipinski definition) is 1. The molecule has 1 aromatic rings. The third kappa shape index (κ3) is 6.82. The average molecular weight is 357 g/mol. The van der Waals surface area contributed by atoms with Gasteiger partial charge in [-0.15, -0.1) is 6.58 Å². The highest BCUT2D eigenvalue weighted by molar-refractivity contribution is 5.30. The molecule has 1 unspecified atom stereocenters. The van der Waals surface area contributed by atoms with E-state index in [1.165, 1.54) is 63.4 Å². The van der Waals surface area contributed by atoms with Crippen LogP contribution in [-0.4, -0.2) is 6.61 Å². The van der Waals surface area contributed by atoms with Crippen LogP contribution in [0.25, 0.3) is 0 Å². The summed E-state index contributed by atoms with van der Waals surface area (Å²) in [6.45, 7) is 9.43. The van der Waals surface area contributed by atoms with Crippen LogP contribution in [0, 0.1) is 11.8 Å². The van der Waals surface area contributed by atoms with Gasteiger partial charge in [0.15, 0.2) is 0 Å². The monoisotopic (exact) mass is 356 g/mol. The molecule has 0 aliphatic heterocycles. The second kappa shape index (κ2) is 12.2. The quantitative estimate of drug-likeness (QED) is 0.273. The normalized spacial score (nSPS) is 21.3. The van der Waals surface area contributed by atoms with E-state index in [2.05, 4.69) is 50.8 Å². The van der Waals surface area contributed by atoms with Crippen molar-refractivity contribution in [3.63, 3.8) is 0 Å². The lowest BCUT2D eigenvalue weighted by Crippen LogP contribution is -2.20. The van der Waals surface area contributed by atoms with Gasteiger partial charge >= 0.3 is 0 Å². The first-order valence-corrected chi connectivity index (χ1v) is 11.1. The molecule has 0 radical (unpaired) electrons. The molecular weight excluding hydrogens is 316 g/mol. The standard InChI is InChI=1S/C25H40O/c1-4-7-8-9-20-26-24-18-16-23(17-19-24)25(11-6-3)22-14-12-21(10-5-2)13-15-22/h6,16-19,21-22,25H,3-5,7-15,20H2,1-2H3. The molecule has 0 heterocycles. The summed E-state index contributed by atoms with van der Waals surface area (Å²) in [5.41, 5.74) is 1.47. The highest BCUT2D eigenvalue weighted by Gasteiger charge is 2.27. The van der Waals surface area contributed by atoms with Crippen LogP contribution in [-0.2, 0) is 0 Å². The number of rotatable bonds is 12. The van der Waals surface area contributed by atoms with Crippen molar-refractivity contribution in [3.8, 4) is 5.75 Å². The Balaban J connectivity index is 1.88. The fourth-order valence-electron chi connectivity index (χ4n) is 4.60. The Morgan fingerprint density at radius 3 is 2.35 bits per heavy atom. The van der Waals surface area contributed by atoms with Crippen molar-refractivity contribution in [3.05, 3.63) is 42.5 Å². The SMILES string of the molecule is C=CCC(c1ccc(OCCCCCC)cc1)C1CCC(CCC)CC1. The third-order valence-corrected chi connectivity index (χ3v) is 6.15. The van der Waals surface area contributed by atoms with E-state index < -0.39 is 0 Å². The van der Waals surface area contributed by atoms with E-state index in [1.807, 2.05) is 0 Å². The Hall–Kier alpha value is -1.24. The molecule has 1 aliphatic rings. The van der Waals surface area contributed by atoms with Crippen LogP contribution < -0.4 is 4.74 Å². The molecule has 0 N–H and O–H groups in total. The first-order valence-electron chi connectivity index (χ1n) is 11.1. The van der Waals surface area contributed by atoms with Gasteiger partial charge in [0.05, 0.1) is 6.61 Å². The van der Waals surface area contributed by atoms with E-state index in [-0.39, 0.29) is 0 Å². The summed E-state index contributed by atoms with van der Waals surface area (Å²) in [4.78, 5) is 0. The molecule has 146 valence electrons. The van der Waals surface area contributed by atoms with Gasteiger partial charge in [-0.2, -0.15) is 0 Å². The molecule has 1 aromatic carbocycles. The first kappa shape index (κ1) is 21.1. The molecule has 1 atom stereocenters. The summed E-state index contributed by atoms with van der Waals surface area (Å²) in [5, 5.41) is 0. The van der Waals surface area contributed by atoms with E-state index in [9.17, 15) is 0 Å². The topological polar surface area (TPSA) is 9.23 Å². The van der Waals surface area contributed by atoms with Crippen molar-refractivity contribution in [1.82, 2.24) is 0 Å². The molecular formula is C25H40O. The minimum Gasteiger partial charge on any atom is -0.494 e. The van der Waals surface area contributed by atoms with E-state index >= 15 is 0 Å². The van der Waals surface area contributed by atoms with Crippen molar-refractivity contribution in [1.29, 1.82) is 0 Å². The van der Waals surface area contributed by atoms with Gasteiger partial charge in [-0.05, 0) is 61.1 Å². The maximum absolute atomic E-state index is 5.91. The predicted octanol–water partition coefficient (Wildman–Crippen LogP) is 7.91. The Bertz CT molecular complexity index is 481. The van der Waals surface area contributed by atoms with Gasteiger partial charge in [-0.1, -0.05) is 77.0 Å². The summed E-state index contributed by atoms with van der Waals surface area (Å²) < 4.78 is 5.91. The first-order chi connectivity index (χ1) is 12.8. The molecule has 0 saturated heterocycles. The Morgan fingerprint density at radius 2 is 1.73 bits per heavy atom. The fraction of sp³-hybridized carbons (Fsp3) is 0.680. The van der Waals surface area contributed by atoms with E-state index in [1.54, 1.807) is 0 Å². The van der Waals surface area contributed by atoms with Gasteiger partial charge < -0.3 is 4.74 Å².